The maximum atomic E-state index is 12.9. The predicted octanol–water partition coefficient (Wildman–Crippen LogP) is 6.16. The van der Waals surface area contributed by atoms with Gasteiger partial charge in [-0.05, 0) is 93.4 Å². The maximum Gasteiger partial charge on any atom is 0.251 e. The number of hydrogen-bond acceptors (Lipinski definition) is 4. The van der Waals surface area contributed by atoms with Crippen LogP contribution in [0.4, 0.5) is 0 Å². The zero-order valence-corrected chi connectivity index (χ0v) is 21.7. The largest absolute Gasteiger partial charge is 0.492 e. The van der Waals surface area contributed by atoms with Crippen LogP contribution < -0.4 is 10.1 Å². The smallest absolute Gasteiger partial charge is 0.251 e. The summed E-state index contributed by atoms with van der Waals surface area (Å²) in [7, 11) is 0. The fourth-order valence-corrected chi connectivity index (χ4v) is 5.00. The third kappa shape index (κ3) is 4.96. The predicted molar refractivity (Wildman–Crippen MR) is 147 cm³/mol. The highest BCUT2D eigenvalue weighted by Gasteiger charge is 2.23. The van der Waals surface area contributed by atoms with Gasteiger partial charge in [0.1, 0.15) is 12.4 Å². The lowest BCUT2D eigenvalue weighted by molar-refractivity contribution is 0.0911. The first kappa shape index (κ1) is 24.3. The van der Waals surface area contributed by atoms with E-state index in [-0.39, 0.29) is 11.4 Å². The molecule has 0 bridgehead atoms. The van der Waals surface area contributed by atoms with Crippen LogP contribution >= 0.6 is 0 Å². The maximum absolute atomic E-state index is 12.9. The van der Waals surface area contributed by atoms with Gasteiger partial charge in [0.15, 0.2) is 0 Å². The van der Waals surface area contributed by atoms with Crippen molar-refractivity contribution in [3.05, 3.63) is 60.2 Å². The van der Waals surface area contributed by atoms with Crippen molar-refractivity contribution in [2.24, 2.45) is 0 Å². The molecule has 36 heavy (non-hydrogen) atoms. The van der Waals surface area contributed by atoms with Crippen LogP contribution in [-0.4, -0.2) is 52.3 Å². The van der Waals surface area contributed by atoms with Gasteiger partial charge in [-0.15, -0.1) is 0 Å². The van der Waals surface area contributed by atoms with Crippen molar-refractivity contribution in [2.45, 2.75) is 58.5 Å². The fourth-order valence-electron chi connectivity index (χ4n) is 5.00. The van der Waals surface area contributed by atoms with Crippen LogP contribution in [0, 0.1) is 0 Å². The number of fused-ring (bicyclic) bond motifs is 2. The summed E-state index contributed by atoms with van der Waals surface area (Å²) in [6.45, 7) is 11.4. The summed E-state index contributed by atoms with van der Waals surface area (Å²) in [5, 5.41) is 14.0. The Morgan fingerprint density at radius 2 is 1.92 bits per heavy atom. The molecule has 1 amide bonds. The Morgan fingerprint density at radius 3 is 2.72 bits per heavy atom. The molecule has 1 aliphatic rings. The number of hydrogen-bond donors (Lipinski definition) is 2. The van der Waals surface area contributed by atoms with Gasteiger partial charge in [-0.3, -0.25) is 14.8 Å². The van der Waals surface area contributed by atoms with Gasteiger partial charge in [0.2, 0.25) is 0 Å². The number of carbonyl (C=O) groups excluding carboxylic acids is 1. The molecule has 1 aliphatic heterocycles. The highest BCUT2D eigenvalue weighted by molar-refractivity contribution is 6.02. The quantitative estimate of drug-likeness (QED) is 0.314. The number of ether oxygens (including phenoxy) is 1. The Morgan fingerprint density at radius 1 is 1.11 bits per heavy atom. The highest BCUT2D eigenvalue weighted by atomic mass is 16.5. The molecule has 188 valence electrons. The van der Waals surface area contributed by atoms with Gasteiger partial charge in [0, 0.05) is 28.1 Å². The molecule has 1 atom stereocenters. The monoisotopic (exact) mass is 484 g/mol. The van der Waals surface area contributed by atoms with E-state index in [2.05, 4.69) is 70.7 Å². The fraction of sp³-hybridized carbons (Fsp3) is 0.400. The average Bonchev–Trinajstić information content (AvgIpc) is 3.53. The summed E-state index contributed by atoms with van der Waals surface area (Å²) in [6, 6.07) is 18.9. The molecule has 0 spiro atoms. The van der Waals surface area contributed by atoms with Crippen LogP contribution in [0.15, 0.2) is 54.6 Å². The summed E-state index contributed by atoms with van der Waals surface area (Å²) in [6.07, 6.45) is 3.33. The summed E-state index contributed by atoms with van der Waals surface area (Å²) < 4.78 is 6.17. The molecule has 4 aromatic rings. The molecule has 0 aliphatic carbocycles. The topological polar surface area (TPSA) is 70.2 Å². The second kappa shape index (κ2) is 9.94. The second-order valence-corrected chi connectivity index (χ2v) is 10.5. The van der Waals surface area contributed by atoms with Crippen molar-refractivity contribution in [2.75, 3.05) is 19.7 Å². The molecule has 0 unspecified atom stereocenters. The molecule has 1 saturated heterocycles. The minimum absolute atomic E-state index is 0.0680. The molecular formula is C30H36N4O2. The molecule has 6 heteroatoms. The Labute approximate surface area is 213 Å². The molecule has 3 aromatic carbocycles. The number of nitrogens with one attached hydrogen (secondary N) is 2. The van der Waals surface area contributed by atoms with Crippen LogP contribution in [0.2, 0.25) is 0 Å². The first-order valence-corrected chi connectivity index (χ1v) is 13.1. The summed E-state index contributed by atoms with van der Waals surface area (Å²) in [5.41, 5.74) is 3.15. The van der Waals surface area contributed by atoms with Gasteiger partial charge in [0.05, 0.1) is 11.2 Å². The molecule has 0 saturated carbocycles. The van der Waals surface area contributed by atoms with E-state index in [1.165, 1.54) is 19.4 Å². The zero-order chi connectivity index (χ0) is 25.3. The van der Waals surface area contributed by atoms with E-state index >= 15 is 0 Å². The van der Waals surface area contributed by atoms with Crippen LogP contribution in [0.5, 0.6) is 5.75 Å². The van der Waals surface area contributed by atoms with Gasteiger partial charge < -0.3 is 10.1 Å². The molecule has 0 radical (unpaired) electrons. The van der Waals surface area contributed by atoms with Gasteiger partial charge in [0.25, 0.3) is 5.91 Å². The first-order valence-electron chi connectivity index (χ1n) is 13.1. The number of amides is 1. The van der Waals surface area contributed by atoms with E-state index in [9.17, 15) is 4.79 Å². The lowest BCUT2D eigenvalue weighted by Crippen LogP contribution is -2.42. The van der Waals surface area contributed by atoms with E-state index in [1.807, 2.05) is 32.0 Å². The molecule has 2 N–H and O–H groups in total. The standard InChI is InChI=1S/C30H36N4O2/c1-5-30(3,4)31-29(35)23-12-14-27-26(18-23)28(33-32-27)22-10-9-21-17-25(13-11-20(21)16-22)36-19-24-8-7-15-34(24)6-2/h9-14,16-18,24H,5-8,15,19H2,1-4H3,(H,31,35)(H,32,33)/t24-/m0/s1. The lowest BCUT2D eigenvalue weighted by atomic mass is 10.00. The number of benzene rings is 3. The average molecular weight is 485 g/mol. The number of aromatic amines is 1. The Kier molecular flexibility index (Phi) is 6.71. The first-order chi connectivity index (χ1) is 17.4. The van der Waals surface area contributed by atoms with Crippen LogP contribution in [0.1, 0.15) is 57.3 Å². The van der Waals surface area contributed by atoms with Gasteiger partial charge in [-0.25, -0.2) is 0 Å². The van der Waals surface area contributed by atoms with Crippen LogP contribution in [0.3, 0.4) is 0 Å². The summed E-state index contributed by atoms with van der Waals surface area (Å²) in [4.78, 5) is 15.4. The molecule has 1 fully saturated rings. The number of likely N-dealkylation sites (N-methyl/N-ethyl adjacent to an activating group) is 1. The van der Waals surface area contributed by atoms with E-state index < -0.39 is 0 Å². The lowest BCUT2D eigenvalue weighted by Gasteiger charge is -2.24. The van der Waals surface area contributed by atoms with Gasteiger partial charge >= 0.3 is 0 Å². The van der Waals surface area contributed by atoms with Crippen molar-refractivity contribution >= 4 is 27.6 Å². The van der Waals surface area contributed by atoms with E-state index in [0.29, 0.717) is 11.6 Å². The number of rotatable bonds is 8. The van der Waals surface area contributed by atoms with E-state index in [1.54, 1.807) is 0 Å². The minimum Gasteiger partial charge on any atom is -0.492 e. The Bertz CT molecular complexity index is 1390. The third-order valence-electron chi connectivity index (χ3n) is 7.59. The molecule has 5 rings (SSSR count). The Balaban J connectivity index is 1.38. The van der Waals surface area contributed by atoms with Crippen LogP contribution in [-0.2, 0) is 0 Å². The van der Waals surface area contributed by atoms with Crippen molar-refractivity contribution in [1.29, 1.82) is 0 Å². The van der Waals surface area contributed by atoms with Crippen molar-refractivity contribution in [1.82, 2.24) is 20.4 Å². The minimum atomic E-state index is -0.251. The second-order valence-electron chi connectivity index (χ2n) is 10.5. The van der Waals surface area contributed by atoms with Crippen molar-refractivity contribution in [3.8, 4) is 17.0 Å². The molecule has 1 aromatic heterocycles. The summed E-state index contributed by atoms with van der Waals surface area (Å²) in [5.74, 6) is 0.843. The molecule has 6 nitrogen and oxygen atoms in total. The van der Waals surface area contributed by atoms with Crippen molar-refractivity contribution in [3.63, 3.8) is 0 Å². The number of aromatic nitrogens is 2. The van der Waals surface area contributed by atoms with Crippen molar-refractivity contribution < 1.29 is 9.53 Å². The zero-order valence-electron chi connectivity index (χ0n) is 21.7. The molecule has 2 heterocycles. The molecular weight excluding hydrogens is 448 g/mol. The number of nitrogens with zero attached hydrogens (tertiary/aromatic N) is 2. The highest BCUT2D eigenvalue weighted by Crippen LogP contribution is 2.31. The Hall–Kier alpha value is -3.38. The SMILES string of the molecule is CCN1CCC[C@H]1COc1ccc2cc(-c3n[nH]c4ccc(C(=O)NC(C)(C)CC)cc34)ccc2c1. The normalized spacial score (nSPS) is 16.6. The number of carbonyl (C=O) groups is 1. The van der Waals surface area contributed by atoms with E-state index in [4.69, 9.17) is 4.74 Å². The number of likely N-dealkylation sites (tertiary alicyclic amines) is 1. The van der Waals surface area contributed by atoms with E-state index in [0.717, 1.165) is 58.3 Å². The summed E-state index contributed by atoms with van der Waals surface area (Å²) >= 11 is 0. The van der Waals surface area contributed by atoms with Gasteiger partial charge in [-0.2, -0.15) is 5.10 Å². The van der Waals surface area contributed by atoms with Gasteiger partial charge in [-0.1, -0.05) is 32.0 Å². The number of H-pyrrole nitrogens is 1. The third-order valence-corrected chi connectivity index (χ3v) is 7.59. The van der Waals surface area contributed by atoms with Crippen LogP contribution in [0.25, 0.3) is 32.9 Å².